The van der Waals surface area contributed by atoms with Crippen LogP contribution in [0.25, 0.3) is 0 Å². The van der Waals surface area contributed by atoms with E-state index in [0.717, 1.165) is 6.07 Å². The fourth-order valence-electron chi connectivity index (χ4n) is 0.982. The first kappa shape index (κ1) is 15.3. The van der Waals surface area contributed by atoms with Gasteiger partial charge in [-0.25, -0.2) is 4.39 Å². The number of phenols is 1. The average Bonchev–Trinajstić information content (AvgIpc) is 2.12. The molecule has 0 aromatic heterocycles. The molecule has 0 amide bonds. The number of rotatable bonds is 1. The van der Waals surface area contributed by atoms with Crippen molar-refractivity contribution in [1.82, 2.24) is 0 Å². The Labute approximate surface area is 99.4 Å². The van der Waals surface area contributed by atoms with Gasteiger partial charge in [-0.05, 0) is 6.07 Å². The standard InChI is InChI=1S/C8H6ClF4NO.ClH/c9-5-4(10)2-1-3(6(5)15)7(14)8(11,12)13;/h1-2,7,15H,14H2;1H/t7-;/m1./s1. The molecule has 0 spiro atoms. The summed E-state index contributed by atoms with van der Waals surface area (Å²) in [5.74, 6) is -1.99. The number of benzene rings is 1. The minimum Gasteiger partial charge on any atom is -0.506 e. The first-order chi connectivity index (χ1) is 6.75. The Bertz CT molecular complexity index is 383. The molecule has 0 aliphatic heterocycles. The number of hydrogen-bond donors (Lipinski definition) is 2. The molecule has 3 N–H and O–H groups in total. The molecule has 16 heavy (non-hydrogen) atoms. The van der Waals surface area contributed by atoms with Crippen molar-refractivity contribution >= 4 is 24.0 Å². The molecule has 0 fully saturated rings. The van der Waals surface area contributed by atoms with Gasteiger partial charge in [0.05, 0.1) is 0 Å². The molecular weight excluding hydrogens is 273 g/mol. The van der Waals surface area contributed by atoms with Gasteiger partial charge in [0.1, 0.15) is 22.6 Å². The van der Waals surface area contributed by atoms with Crippen molar-refractivity contribution in [3.63, 3.8) is 0 Å². The van der Waals surface area contributed by atoms with Crippen molar-refractivity contribution in [3.05, 3.63) is 28.5 Å². The molecule has 0 radical (unpaired) electrons. The maximum atomic E-state index is 12.7. The van der Waals surface area contributed by atoms with Gasteiger partial charge in [0.15, 0.2) is 0 Å². The minimum atomic E-state index is -4.72. The predicted molar refractivity (Wildman–Crippen MR) is 53.3 cm³/mol. The van der Waals surface area contributed by atoms with Crippen molar-refractivity contribution in [2.24, 2.45) is 5.73 Å². The van der Waals surface area contributed by atoms with Gasteiger partial charge in [0.2, 0.25) is 0 Å². The normalized spacial score (nSPS) is 13.1. The van der Waals surface area contributed by atoms with Crippen LogP contribution in [0.4, 0.5) is 17.6 Å². The lowest BCUT2D eigenvalue weighted by atomic mass is 10.1. The molecule has 0 saturated carbocycles. The van der Waals surface area contributed by atoms with Crippen molar-refractivity contribution in [1.29, 1.82) is 0 Å². The zero-order valence-electron chi connectivity index (χ0n) is 7.55. The maximum Gasteiger partial charge on any atom is 0.407 e. The molecule has 8 heteroatoms. The van der Waals surface area contributed by atoms with Gasteiger partial charge >= 0.3 is 6.18 Å². The van der Waals surface area contributed by atoms with Crippen LogP contribution in [-0.2, 0) is 0 Å². The van der Waals surface area contributed by atoms with Gasteiger partial charge in [-0.3, -0.25) is 0 Å². The van der Waals surface area contributed by atoms with Gasteiger partial charge in [-0.15, -0.1) is 12.4 Å². The van der Waals surface area contributed by atoms with E-state index >= 15 is 0 Å². The summed E-state index contributed by atoms with van der Waals surface area (Å²) in [6, 6.07) is -0.937. The number of halogens is 6. The van der Waals surface area contributed by atoms with E-state index in [-0.39, 0.29) is 12.4 Å². The Balaban J connectivity index is 0.00000225. The molecule has 0 heterocycles. The number of phenolic OH excluding ortho intramolecular Hbond substituents is 1. The fraction of sp³-hybridized carbons (Fsp3) is 0.250. The second-order valence-electron chi connectivity index (χ2n) is 2.82. The molecular formula is C8H7Cl2F4NO. The summed E-state index contributed by atoms with van der Waals surface area (Å²) in [7, 11) is 0. The van der Waals surface area contributed by atoms with Gasteiger partial charge in [-0.2, -0.15) is 13.2 Å². The smallest absolute Gasteiger partial charge is 0.407 e. The van der Waals surface area contributed by atoms with E-state index in [9.17, 15) is 17.6 Å². The molecule has 1 rings (SSSR count). The highest BCUT2D eigenvalue weighted by Crippen LogP contribution is 2.39. The van der Waals surface area contributed by atoms with Crippen LogP contribution in [0.2, 0.25) is 5.02 Å². The van der Waals surface area contributed by atoms with Gasteiger partial charge in [0.25, 0.3) is 0 Å². The van der Waals surface area contributed by atoms with Crippen LogP contribution >= 0.6 is 24.0 Å². The van der Waals surface area contributed by atoms with E-state index in [1.54, 1.807) is 0 Å². The van der Waals surface area contributed by atoms with Crippen molar-refractivity contribution < 1.29 is 22.7 Å². The van der Waals surface area contributed by atoms with Crippen molar-refractivity contribution in [3.8, 4) is 5.75 Å². The molecule has 0 unspecified atom stereocenters. The van der Waals surface area contributed by atoms with Crippen molar-refractivity contribution in [2.75, 3.05) is 0 Å². The third-order valence-electron chi connectivity index (χ3n) is 1.79. The summed E-state index contributed by atoms with van der Waals surface area (Å²) in [6.45, 7) is 0. The molecule has 2 nitrogen and oxygen atoms in total. The summed E-state index contributed by atoms with van der Waals surface area (Å²) in [5, 5.41) is 8.39. The quantitative estimate of drug-likeness (QED) is 0.776. The van der Waals surface area contributed by atoms with Crippen LogP contribution in [0.5, 0.6) is 5.75 Å². The molecule has 92 valence electrons. The largest absolute Gasteiger partial charge is 0.506 e. The van der Waals surface area contributed by atoms with Gasteiger partial charge < -0.3 is 10.8 Å². The zero-order chi connectivity index (χ0) is 11.8. The Kier molecular flexibility index (Phi) is 4.85. The van der Waals surface area contributed by atoms with Crippen LogP contribution in [0.1, 0.15) is 11.6 Å². The Morgan fingerprint density at radius 2 is 1.81 bits per heavy atom. The summed E-state index contributed by atoms with van der Waals surface area (Å²) in [6.07, 6.45) is -4.72. The summed E-state index contributed by atoms with van der Waals surface area (Å²) in [4.78, 5) is 0. The van der Waals surface area contributed by atoms with Gasteiger partial charge in [-0.1, -0.05) is 17.7 Å². The molecule has 0 aliphatic rings. The fourth-order valence-corrected chi connectivity index (χ4v) is 1.15. The number of aromatic hydroxyl groups is 1. The lowest BCUT2D eigenvalue weighted by Crippen LogP contribution is -2.28. The van der Waals surface area contributed by atoms with E-state index < -0.39 is 34.4 Å². The third kappa shape index (κ3) is 2.90. The molecule has 0 bridgehead atoms. The monoisotopic (exact) mass is 279 g/mol. The van der Waals surface area contributed by atoms with E-state index in [1.807, 2.05) is 0 Å². The Morgan fingerprint density at radius 3 is 2.25 bits per heavy atom. The Morgan fingerprint density at radius 1 is 1.31 bits per heavy atom. The number of nitrogens with two attached hydrogens (primary N) is 1. The van der Waals surface area contributed by atoms with E-state index in [1.165, 1.54) is 0 Å². The van der Waals surface area contributed by atoms with Crippen LogP contribution in [-0.4, -0.2) is 11.3 Å². The predicted octanol–water partition coefficient (Wildman–Crippen LogP) is 3.17. The van der Waals surface area contributed by atoms with Crippen LogP contribution in [0.15, 0.2) is 12.1 Å². The second-order valence-corrected chi connectivity index (χ2v) is 3.20. The molecule has 1 aromatic carbocycles. The minimum absolute atomic E-state index is 0. The first-order valence-electron chi connectivity index (χ1n) is 3.74. The van der Waals surface area contributed by atoms with Crippen LogP contribution in [0, 0.1) is 5.82 Å². The van der Waals surface area contributed by atoms with Crippen molar-refractivity contribution in [2.45, 2.75) is 12.2 Å². The topological polar surface area (TPSA) is 46.2 Å². The summed E-state index contributed by atoms with van der Waals surface area (Å²) < 4.78 is 49.2. The average molecular weight is 280 g/mol. The number of alkyl halides is 3. The molecule has 0 aliphatic carbocycles. The zero-order valence-corrected chi connectivity index (χ0v) is 9.13. The third-order valence-corrected chi connectivity index (χ3v) is 2.15. The first-order valence-corrected chi connectivity index (χ1v) is 4.12. The van der Waals surface area contributed by atoms with Crippen LogP contribution in [0.3, 0.4) is 0 Å². The second kappa shape index (κ2) is 5.07. The molecule has 1 atom stereocenters. The molecule has 1 aromatic rings. The molecule has 0 saturated heterocycles. The Hall–Kier alpha value is -0.720. The maximum absolute atomic E-state index is 12.7. The van der Waals surface area contributed by atoms with E-state index in [0.29, 0.717) is 6.07 Å². The van der Waals surface area contributed by atoms with Crippen LogP contribution < -0.4 is 5.73 Å². The van der Waals surface area contributed by atoms with E-state index in [2.05, 4.69) is 0 Å². The summed E-state index contributed by atoms with van der Waals surface area (Å²) in [5.41, 5.74) is 4.17. The lowest BCUT2D eigenvalue weighted by molar-refractivity contribution is -0.149. The summed E-state index contributed by atoms with van der Waals surface area (Å²) >= 11 is 5.23. The highest BCUT2D eigenvalue weighted by atomic mass is 35.5. The number of hydrogen-bond acceptors (Lipinski definition) is 2. The lowest BCUT2D eigenvalue weighted by Gasteiger charge is -2.17. The highest BCUT2D eigenvalue weighted by Gasteiger charge is 2.39. The van der Waals surface area contributed by atoms with E-state index in [4.69, 9.17) is 22.4 Å². The SMILES string of the molecule is Cl.N[C@H](c1ccc(F)c(Cl)c1O)C(F)(F)F. The van der Waals surface area contributed by atoms with Gasteiger partial charge in [0, 0.05) is 5.56 Å². The highest BCUT2D eigenvalue weighted by molar-refractivity contribution is 6.32.